The van der Waals surface area contributed by atoms with Gasteiger partial charge in [-0.05, 0) is 73.9 Å². The summed E-state index contributed by atoms with van der Waals surface area (Å²) in [5.74, 6) is -0.640. The third kappa shape index (κ3) is 8.05. The standard InChI is InChI=1S/C30H36FN3O5S/c1-5-39-27-17-15-26(16-18-27)34(40(37,38)28-9-7-6-8-10-28)21-29(35)33(20-24-11-13-25(31)14-12-24)23(4)30(36)32-19-22(2)3/h6-18,22-23H,5,19-21H2,1-4H3,(H,32,36). The van der Waals surface area contributed by atoms with Crippen LogP contribution in [-0.4, -0.2) is 50.9 Å². The Morgan fingerprint density at radius 3 is 2.12 bits per heavy atom. The molecule has 0 spiro atoms. The first-order valence-electron chi connectivity index (χ1n) is 13.1. The lowest BCUT2D eigenvalue weighted by Crippen LogP contribution is -2.51. The molecule has 2 amide bonds. The van der Waals surface area contributed by atoms with Crippen molar-refractivity contribution in [3.8, 4) is 5.75 Å². The number of nitrogens with zero attached hydrogens (tertiary/aromatic N) is 2. The van der Waals surface area contributed by atoms with E-state index in [-0.39, 0.29) is 29.0 Å². The monoisotopic (exact) mass is 569 g/mol. The van der Waals surface area contributed by atoms with Crippen molar-refractivity contribution in [1.29, 1.82) is 0 Å². The van der Waals surface area contributed by atoms with Crippen LogP contribution >= 0.6 is 0 Å². The zero-order valence-electron chi connectivity index (χ0n) is 23.2. The molecule has 0 aromatic heterocycles. The van der Waals surface area contributed by atoms with E-state index in [1.165, 1.54) is 41.3 Å². The minimum absolute atomic E-state index is 0.0160. The molecule has 1 atom stereocenters. The number of anilines is 1. The van der Waals surface area contributed by atoms with Gasteiger partial charge < -0.3 is 15.0 Å². The fourth-order valence-electron chi connectivity index (χ4n) is 3.95. The SMILES string of the molecule is CCOc1ccc(N(CC(=O)N(Cc2ccc(F)cc2)C(C)C(=O)NCC(C)C)S(=O)(=O)c2ccccc2)cc1. The highest BCUT2D eigenvalue weighted by Crippen LogP contribution is 2.26. The predicted molar refractivity (Wildman–Crippen MR) is 153 cm³/mol. The van der Waals surface area contributed by atoms with E-state index in [9.17, 15) is 22.4 Å². The molecule has 0 radical (unpaired) electrons. The molecule has 3 aromatic carbocycles. The van der Waals surface area contributed by atoms with Crippen LogP contribution in [0, 0.1) is 11.7 Å². The van der Waals surface area contributed by atoms with Crippen LogP contribution in [0.1, 0.15) is 33.3 Å². The summed E-state index contributed by atoms with van der Waals surface area (Å²) in [5, 5.41) is 2.83. The van der Waals surface area contributed by atoms with Crippen LogP contribution in [0.25, 0.3) is 0 Å². The molecule has 0 fully saturated rings. The summed E-state index contributed by atoms with van der Waals surface area (Å²) < 4.78 is 47.6. The lowest BCUT2D eigenvalue weighted by atomic mass is 10.1. The van der Waals surface area contributed by atoms with Gasteiger partial charge in [0.1, 0.15) is 24.2 Å². The van der Waals surface area contributed by atoms with Crippen molar-refractivity contribution < 1.29 is 27.1 Å². The van der Waals surface area contributed by atoms with Crippen LogP contribution in [-0.2, 0) is 26.2 Å². The van der Waals surface area contributed by atoms with Gasteiger partial charge in [0, 0.05) is 13.1 Å². The number of halogens is 1. The second-order valence-corrected chi connectivity index (χ2v) is 11.6. The minimum atomic E-state index is -4.16. The second kappa shape index (κ2) is 13.9. The smallest absolute Gasteiger partial charge is 0.264 e. The third-order valence-electron chi connectivity index (χ3n) is 6.16. The molecule has 8 nitrogen and oxygen atoms in total. The minimum Gasteiger partial charge on any atom is -0.494 e. The highest BCUT2D eigenvalue weighted by atomic mass is 32.2. The van der Waals surface area contributed by atoms with Crippen molar-refractivity contribution in [2.24, 2.45) is 5.92 Å². The van der Waals surface area contributed by atoms with Gasteiger partial charge in [-0.2, -0.15) is 0 Å². The van der Waals surface area contributed by atoms with Crippen molar-refractivity contribution in [3.05, 3.63) is 90.2 Å². The van der Waals surface area contributed by atoms with Crippen molar-refractivity contribution in [2.75, 3.05) is 24.0 Å². The van der Waals surface area contributed by atoms with E-state index in [0.717, 1.165) is 4.31 Å². The van der Waals surface area contributed by atoms with Gasteiger partial charge in [0.2, 0.25) is 11.8 Å². The number of carbonyl (C=O) groups excluding carboxylic acids is 2. The van der Waals surface area contributed by atoms with Gasteiger partial charge in [0.05, 0.1) is 17.2 Å². The van der Waals surface area contributed by atoms with Gasteiger partial charge in [-0.15, -0.1) is 0 Å². The molecule has 0 saturated heterocycles. The zero-order valence-corrected chi connectivity index (χ0v) is 24.0. The molecular weight excluding hydrogens is 533 g/mol. The summed E-state index contributed by atoms with van der Waals surface area (Å²) in [4.78, 5) is 28.2. The Morgan fingerprint density at radius 1 is 0.925 bits per heavy atom. The zero-order chi connectivity index (χ0) is 29.3. The molecule has 0 bridgehead atoms. The summed E-state index contributed by atoms with van der Waals surface area (Å²) in [6.07, 6.45) is 0. The maximum atomic E-state index is 13.9. The van der Waals surface area contributed by atoms with E-state index in [1.807, 2.05) is 20.8 Å². The van der Waals surface area contributed by atoms with E-state index >= 15 is 0 Å². The lowest BCUT2D eigenvalue weighted by molar-refractivity contribution is -0.139. The largest absolute Gasteiger partial charge is 0.494 e. The van der Waals surface area contributed by atoms with Crippen LogP contribution < -0.4 is 14.4 Å². The third-order valence-corrected chi connectivity index (χ3v) is 7.95. The molecule has 0 aliphatic heterocycles. The molecule has 10 heteroatoms. The maximum Gasteiger partial charge on any atom is 0.264 e. The van der Waals surface area contributed by atoms with Gasteiger partial charge in [0.25, 0.3) is 10.0 Å². The van der Waals surface area contributed by atoms with Crippen molar-refractivity contribution in [2.45, 2.75) is 45.2 Å². The van der Waals surface area contributed by atoms with Gasteiger partial charge in [0.15, 0.2) is 0 Å². The van der Waals surface area contributed by atoms with Crippen LogP contribution in [0.4, 0.5) is 10.1 Å². The van der Waals surface area contributed by atoms with Gasteiger partial charge in [-0.3, -0.25) is 13.9 Å². The van der Waals surface area contributed by atoms with E-state index < -0.39 is 34.3 Å². The number of carbonyl (C=O) groups is 2. The first-order chi connectivity index (χ1) is 19.0. The first-order valence-corrected chi connectivity index (χ1v) is 14.6. The van der Waals surface area contributed by atoms with Crippen LogP contribution in [0.15, 0.2) is 83.8 Å². The number of amides is 2. The molecule has 3 aromatic rings. The fourth-order valence-corrected chi connectivity index (χ4v) is 5.38. The predicted octanol–water partition coefficient (Wildman–Crippen LogP) is 4.61. The molecule has 40 heavy (non-hydrogen) atoms. The molecule has 0 heterocycles. The van der Waals surface area contributed by atoms with E-state index in [2.05, 4.69) is 5.32 Å². The Morgan fingerprint density at radius 2 is 1.55 bits per heavy atom. The van der Waals surface area contributed by atoms with E-state index in [4.69, 9.17) is 4.74 Å². The van der Waals surface area contributed by atoms with E-state index in [1.54, 1.807) is 49.4 Å². The van der Waals surface area contributed by atoms with E-state index in [0.29, 0.717) is 24.5 Å². The Bertz CT molecular complexity index is 1360. The molecule has 0 aliphatic carbocycles. The lowest BCUT2D eigenvalue weighted by Gasteiger charge is -2.32. The average molecular weight is 570 g/mol. The summed E-state index contributed by atoms with van der Waals surface area (Å²) in [5.41, 5.74) is 0.857. The van der Waals surface area contributed by atoms with Crippen molar-refractivity contribution >= 4 is 27.5 Å². The number of ether oxygens (including phenoxy) is 1. The topological polar surface area (TPSA) is 96.0 Å². The number of nitrogens with one attached hydrogen (secondary N) is 1. The molecule has 0 aliphatic rings. The molecular formula is C30H36FN3O5S. The maximum absolute atomic E-state index is 13.9. The Labute approximate surface area is 235 Å². The highest BCUT2D eigenvalue weighted by molar-refractivity contribution is 7.92. The van der Waals surface area contributed by atoms with Crippen LogP contribution in [0.5, 0.6) is 5.75 Å². The molecule has 0 saturated carbocycles. The second-order valence-electron chi connectivity index (χ2n) is 9.71. The number of sulfonamides is 1. The number of hydrogen-bond donors (Lipinski definition) is 1. The average Bonchev–Trinajstić information content (AvgIpc) is 2.95. The van der Waals surface area contributed by atoms with Gasteiger partial charge >= 0.3 is 0 Å². The summed E-state index contributed by atoms with van der Waals surface area (Å²) in [7, 11) is -4.16. The molecule has 214 valence electrons. The number of benzene rings is 3. The first kappa shape index (κ1) is 30.6. The number of hydrogen-bond acceptors (Lipinski definition) is 5. The summed E-state index contributed by atoms with van der Waals surface area (Å²) in [6.45, 7) is 7.62. The van der Waals surface area contributed by atoms with Crippen molar-refractivity contribution in [3.63, 3.8) is 0 Å². The van der Waals surface area contributed by atoms with Gasteiger partial charge in [-0.25, -0.2) is 12.8 Å². The quantitative estimate of drug-likeness (QED) is 0.324. The van der Waals surface area contributed by atoms with Crippen LogP contribution in [0.3, 0.4) is 0 Å². The fraction of sp³-hybridized carbons (Fsp3) is 0.333. The molecule has 3 rings (SSSR count). The summed E-state index contributed by atoms with van der Waals surface area (Å²) >= 11 is 0. The van der Waals surface area contributed by atoms with Crippen LogP contribution in [0.2, 0.25) is 0 Å². The normalized spacial score (nSPS) is 12.1. The van der Waals surface area contributed by atoms with Gasteiger partial charge in [-0.1, -0.05) is 44.2 Å². The Hall–Kier alpha value is -3.92. The Kier molecular flexibility index (Phi) is 10.7. The summed E-state index contributed by atoms with van der Waals surface area (Å²) in [6, 6.07) is 18.9. The highest BCUT2D eigenvalue weighted by Gasteiger charge is 2.32. The number of rotatable bonds is 13. The molecule has 1 N–H and O–H groups in total. The Balaban J connectivity index is 1.99. The van der Waals surface area contributed by atoms with Crippen molar-refractivity contribution in [1.82, 2.24) is 10.2 Å². The molecule has 1 unspecified atom stereocenters.